The van der Waals surface area contributed by atoms with E-state index in [1.807, 2.05) is 0 Å². The molecule has 35 heavy (non-hydrogen) atoms. The Kier molecular flexibility index (Phi) is 8.29. The first-order valence-corrected chi connectivity index (χ1v) is 12.2. The number of rotatable bonds is 9. The van der Waals surface area contributed by atoms with Crippen LogP contribution in [0.1, 0.15) is 11.1 Å². The van der Waals surface area contributed by atoms with Crippen LogP contribution < -0.4 is 14.4 Å². The van der Waals surface area contributed by atoms with Crippen LogP contribution in [0.2, 0.25) is 5.02 Å². The molecule has 0 aliphatic heterocycles. The highest BCUT2D eigenvalue weighted by atomic mass is 35.5. The Morgan fingerprint density at radius 1 is 1.03 bits per heavy atom. The van der Waals surface area contributed by atoms with Crippen molar-refractivity contribution in [2.45, 2.75) is 18.0 Å². The first-order chi connectivity index (χ1) is 16.5. The molecule has 186 valence electrons. The summed E-state index contributed by atoms with van der Waals surface area (Å²) in [6, 6.07) is 16.2. The zero-order valence-corrected chi connectivity index (χ0v) is 20.1. The summed E-state index contributed by atoms with van der Waals surface area (Å²) in [5, 5.41) is 3.06. The van der Waals surface area contributed by atoms with E-state index in [0.29, 0.717) is 21.1 Å². The minimum atomic E-state index is -4.68. The van der Waals surface area contributed by atoms with E-state index in [-0.39, 0.29) is 23.7 Å². The van der Waals surface area contributed by atoms with Gasteiger partial charge in [-0.2, -0.15) is 13.2 Å². The van der Waals surface area contributed by atoms with Gasteiger partial charge in [-0.1, -0.05) is 35.4 Å². The Balaban J connectivity index is 1.78. The minimum Gasteiger partial charge on any atom is -0.492 e. The number of ether oxygens (including phenoxy) is 1. The van der Waals surface area contributed by atoms with Crippen molar-refractivity contribution in [1.82, 2.24) is 5.32 Å². The van der Waals surface area contributed by atoms with Crippen molar-refractivity contribution in [3.8, 4) is 5.75 Å². The average Bonchev–Trinajstić information content (AvgIpc) is 2.81. The topological polar surface area (TPSA) is 75.7 Å². The largest absolute Gasteiger partial charge is 0.492 e. The summed E-state index contributed by atoms with van der Waals surface area (Å²) >= 11 is 5.81. The molecule has 0 spiro atoms. The Labute approximate surface area is 206 Å². The molecule has 0 aromatic heterocycles. The Hall–Kier alpha value is -3.24. The number of carbonyl (C=O) groups is 1. The van der Waals surface area contributed by atoms with E-state index in [1.54, 1.807) is 43.3 Å². The predicted molar refractivity (Wildman–Crippen MR) is 127 cm³/mol. The van der Waals surface area contributed by atoms with E-state index in [9.17, 15) is 26.4 Å². The van der Waals surface area contributed by atoms with Gasteiger partial charge in [-0.15, -0.1) is 0 Å². The van der Waals surface area contributed by atoms with E-state index < -0.39 is 34.2 Å². The lowest BCUT2D eigenvalue weighted by molar-refractivity contribution is -0.137. The normalized spacial score (nSPS) is 11.7. The van der Waals surface area contributed by atoms with E-state index in [4.69, 9.17) is 16.3 Å². The molecule has 0 radical (unpaired) electrons. The molecule has 0 bridgehead atoms. The van der Waals surface area contributed by atoms with Crippen LogP contribution in [0.3, 0.4) is 0 Å². The Bertz CT molecular complexity index is 1270. The molecule has 6 nitrogen and oxygen atoms in total. The fourth-order valence-corrected chi connectivity index (χ4v) is 4.61. The molecule has 0 heterocycles. The lowest BCUT2D eigenvalue weighted by Crippen LogP contribution is -2.42. The van der Waals surface area contributed by atoms with Gasteiger partial charge in [0.05, 0.1) is 22.7 Å². The van der Waals surface area contributed by atoms with Gasteiger partial charge < -0.3 is 10.1 Å². The van der Waals surface area contributed by atoms with Crippen LogP contribution in [0, 0.1) is 6.92 Å². The fourth-order valence-electron chi connectivity index (χ4n) is 3.07. The Morgan fingerprint density at radius 3 is 2.31 bits per heavy atom. The average molecular weight is 527 g/mol. The molecular weight excluding hydrogens is 505 g/mol. The van der Waals surface area contributed by atoms with Crippen molar-refractivity contribution >= 4 is 33.2 Å². The van der Waals surface area contributed by atoms with Gasteiger partial charge in [-0.25, -0.2) is 8.42 Å². The van der Waals surface area contributed by atoms with Crippen molar-refractivity contribution in [1.29, 1.82) is 0 Å². The van der Waals surface area contributed by atoms with Gasteiger partial charge in [-0.3, -0.25) is 9.10 Å². The summed E-state index contributed by atoms with van der Waals surface area (Å²) < 4.78 is 72.5. The maximum atomic E-state index is 13.3. The van der Waals surface area contributed by atoms with Crippen LogP contribution in [0.4, 0.5) is 18.9 Å². The van der Waals surface area contributed by atoms with Gasteiger partial charge in [0, 0.05) is 5.02 Å². The van der Waals surface area contributed by atoms with E-state index >= 15 is 0 Å². The van der Waals surface area contributed by atoms with Crippen LogP contribution in [0.25, 0.3) is 0 Å². The smallest absolute Gasteiger partial charge is 0.416 e. The number of amides is 1. The highest BCUT2D eigenvalue weighted by Crippen LogP contribution is 2.33. The van der Waals surface area contributed by atoms with Gasteiger partial charge >= 0.3 is 6.18 Å². The Morgan fingerprint density at radius 2 is 1.69 bits per heavy atom. The molecule has 0 unspecified atom stereocenters. The molecule has 0 atom stereocenters. The van der Waals surface area contributed by atoms with E-state index in [1.165, 1.54) is 18.2 Å². The SMILES string of the molecule is Cc1ccc(S(=O)(=O)N(CC(=O)NCCOc2ccc(Cl)cc2)c2cccc(C(F)(F)F)c2)cc1. The van der Waals surface area contributed by atoms with Crippen LogP contribution in [0.15, 0.2) is 77.7 Å². The second-order valence-electron chi connectivity index (χ2n) is 7.53. The molecule has 1 N–H and O–H groups in total. The molecule has 3 aromatic carbocycles. The highest BCUT2D eigenvalue weighted by Gasteiger charge is 2.33. The second kappa shape index (κ2) is 11.0. The number of alkyl halides is 3. The number of benzene rings is 3. The summed E-state index contributed by atoms with van der Waals surface area (Å²) in [7, 11) is -4.34. The minimum absolute atomic E-state index is 0.0441. The zero-order valence-electron chi connectivity index (χ0n) is 18.5. The number of aryl methyl sites for hydroxylation is 1. The van der Waals surface area contributed by atoms with Crippen LogP contribution >= 0.6 is 11.6 Å². The summed E-state index contributed by atoms with van der Waals surface area (Å²) in [6.45, 7) is 1.17. The monoisotopic (exact) mass is 526 g/mol. The van der Waals surface area contributed by atoms with Crippen molar-refractivity contribution in [3.05, 3.63) is 88.9 Å². The van der Waals surface area contributed by atoms with Crippen LogP contribution in [-0.2, 0) is 21.0 Å². The summed E-state index contributed by atoms with van der Waals surface area (Å²) in [5.74, 6) is -0.186. The first-order valence-electron chi connectivity index (χ1n) is 10.4. The van der Waals surface area contributed by atoms with E-state index in [2.05, 4.69) is 5.32 Å². The number of sulfonamides is 1. The number of nitrogens with one attached hydrogen (secondary N) is 1. The van der Waals surface area contributed by atoms with Crippen molar-refractivity contribution < 1.29 is 31.1 Å². The molecule has 0 fully saturated rings. The van der Waals surface area contributed by atoms with Crippen LogP contribution in [0.5, 0.6) is 5.75 Å². The predicted octanol–water partition coefficient (Wildman–Crippen LogP) is 5.06. The van der Waals surface area contributed by atoms with Crippen molar-refractivity contribution in [2.75, 3.05) is 24.0 Å². The first kappa shape index (κ1) is 26.4. The number of nitrogens with zero attached hydrogens (tertiary/aromatic N) is 1. The molecule has 3 rings (SSSR count). The fraction of sp³-hybridized carbons (Fsp3) is 0.208. The number of carbonyl (C=O) groups excluding carboxylic acids is 1. The number of halogens is 4. The molecule has 0 aliphatic carbocycles. The quantitative estimate of drug-likeness (QED) is 0.396. The van der Waals surface area contributed by atoms with Gasteiger partial charge in [-0.05, 0) is 61.5 Å². The van der Waals surface area contributed by atoms with Crippen molar-refractivity contribution in [2.24, 2.45) is 0 Å². The third kappa shape index (κ3) is 7.12. The standard InChI is InChI=1S/C24H22ClF3N2O4S/c1-17-5-11-22(12-6-17)35(32,33)30(20-4-2-3-18(15-20)24(26,27)28)16-23(31)29-13-14-34-21-9-7-19(25)8-10-21/h2-12,15H,13-14,16H2,1H3,(H,29,31). The molecule has 0 saturated heterocycles. The maximum absolute atomic E-state index is 13.3. The van der Waals surface area contributed by atoms with Crippen LogP contribution in [-0.4, -0.2) is 34.0 Å². The molecule has 11 heteroatoms. The molecular formula is C24H22ClF3N2O4S. The summed E-state index contributed by atoms with van der Waals surface area (Å²) in [4.78, 5) is 12.4. The van der Waals surface area contributed by atoms with Gasteiger partial charge in [0.15, 0.2) is 0 Å². The number of anilines is 1. The van der Waals surface area contributed by atoms with Crippen molar-refractivity contribution in [3.63, 3.8) is 0 Å². The molecule has 3 aromatic rings. The third-order valence-corrected chi connectivity index (χ3v) is 6.90. The molecule has 1 amide bonds. The third-order valence-electron chi connectivity index (χ3n) is 4.86. The number of hydrogen-bond donors (Lipinski definition) is 1. The van der Waals surface area contributed by atoms with E-state index in [0.717, 1.165) is 17.7 Å². The molecule has 0 saturated carbocycles. The van der Waals surface area contributed by atoms with Gasteiger partial charge in [0.2, 0.25) is 5.91 Å². The lowest BCUT2D eigenvalue weighted by Gasteiger charge is -2.25. The second-order valence-corrected chi connectivity index (χ2v) is 9.82. The summed E-state index contributed by atoms with van der Waals surface area (Å²) in [6.07, 6.45) is -4.68. The number of hydrogen-bond acceptors (Lipinski definition) is 4. The lowest BCUT2D eigenvalue weighted by atomic mass is 10.2. The molecule has 0 aliphatic rings. The zero-order chi connectivity index (χ0) is 25.6. The summed E-state index contributed by atoms with van der Waals surface area (Å²) in [5.41, 5.74) is -0.517. The van der Waals surface area contributed by atoms with Gasteiger partial charge in [0.1, 0.15) is 18.9 Å². The van der Waals surface area contributed by atoms with Gasteiger partial charge in [0.25, 0.3) is 10.0 Å². The highest BCUT2D eigenvalue weighted by molar-refractivity contribution is 7.92. The maximum Gasteiger partial charge on any atom is 0.416 e.